The average molecular weight is 459 g/mol. The monoisotopic (exact) mass is 458 g/mol. The van der Waals surface area contributed by atoms with Crippen molar-refractivity contribution in [1.29, 1.82) is 0 Å². The third kappa shape index (κ3) is 4.74. The Morgan fingerprint density at radius 3 is 2.56 bits per heavy atom. The molecule has 2 heterocycles. The van der Waals surface area contributed by atoms with E-state index in [0.29, 0.717) is 17.3 Å². The van der Waals surface area contributed by atoms with E-state index in [1.807, 2.05) is 0 Å². The fourth-order valence-electron chi connectivity index (χ4n) is 3.48. The van der Waals surface area contributed by atoms with Gasteiger partial charge in [-0.05, 0) is 42.5 Å². The van der Waals surface area contributed by atoms with Crippen LogP contribution in [0.2, 0.25) is 5.02 Å². The highest BCUT2D eigenvalue weighted by molar-refractivity contribution is 6.30. The lowest BCUT2D eigenvalue weighted by Crippen LogP contribution is -2.45. The van der Waals surface area contributed by atoms with Crippen LogP contribution in [0.5, 0.6) is 0 Å². The first-order valence-electron chi connectivity index (χ1n) is 9.91. The van der Waals surface area contributed by atoms with E-state index in [0.717, 1.165) is 6.07 Å². The van der Waals surface area contributed by atoms with Crippen molar-refractivity contribution in [2.45, 2.75) is 6.04 Å². The topological polar surface area (TPSA) is 91.0 Å². The van der Waals surface area contributed by atoms with Crippen molar-refractivity contribution in [2.24, 2.45) is 0 Å². The SMILES string of the molecule is O=C(Nc1ccc(N2CCOCC2=O)c(F)c1)[C@H]1C=CCN1C(=O)Nc1ccc(Cl)cc1. The number of ether oxygens (including phenoxy) is 1. The van der Waals surface area contributed by atoms with Gasteiger partial charge in [0.25, 0.3) is 11.8 Å². The molecule has 8 nitrogen and oxygen atoms in total. The van der Waals surface area contributed by atoms with Crippen molar-refractivity contribution in [1.82, 2.24) is 4.90 Å². The maximum absolute atomic E-state index is 14.6. The molecule has 4 rings (SSSR count). The Kier molecular flexibility index (Phi) is 6.38. The van der Waals surface area contributed by atoms with Crippen LogP contribution in [0.4, 0.5) is 26.2 Å². The Balaban J connectivity index is 1.41. The molecule has 2 aromatic rings. The molecular weight excluding hydrogens is 439 g/mol. The number of rotatable bonds is 4. The summed E-state index contributed by atoms with van der Waals surface area (Å²) in [4.78, 5) is 40.0. The molecule has 166 valence electrons. The Morgan fingerprint density at radius 1 is 1.09 bits per heavy atom. The van der Waals surface area contributed by atoms with Crippen molar-refractivity contribution in [2.75, 3.05) is 41.8 Å². The number of nitrogens with zero attached hydrogens (tertiary/aromatic N) is 2. The first-order chi connectivity index (χ1) is 15.4. The minimum Gasteiger partial charge on any atom is -0.370 e. The number of hydrogen-bond donors (Lipinski definition) is 2. The first-order valence-corrected chi connectivity index (χ1v) is 10.3. The summed E-state index contributed by atoms with van der Waals surface area (Å²) in [6, 6.07) is 9.38. The molecule has 1 fully saturated rings. The molecule has 0 aromatic heterocycles. The molecule has 2 aliphatic heterocycles. The summed E-state index contributed by atoms with van der Waals surface area (Å²) in [7, 11) is 0. The zero-order chi connectivity index (χ0) is 22.7. The number of nitrogens with one attached hydrogen (secondary N) is 2. The van der Waals surface area contributed by atoms with Crippen LogP contribution in [0, 0.1) is 5.82 Å². The number of urea groups is 1. The van der Waals surface area contributed by atoms with Crippen molar-refractivity contribution < 1.29 is 23.5 Å². The summed E-state index contributed by atoms with van der Waals surface area (Å²) in [6.07, 6.45) is 3.31. The van der Waals surface area contributed by atoms with Gasteiger partial charge in [0.05, 0.1) is 12.3 Å². The number of benzene rings is 2. The van der Waals surface area contributed by atoms with Crippen LogP contribution in [0.15, 0.2) is 54.6 Å². The van der Waals surface area contributed by atoms with Gasteiger partial charge in [0.2, 0.25) is 0 Å². The van der Waals surface area contributed by atoms with Gasteiger partial charge in [0, 0.05) is 29.5 Å². The van der Waals surface area contributed by atoms with Crippen molar-refractivity contribution in [3.8, 4) is 0 Å². The highest BCUT2D eigenvalue weighted by Gasteiger charge is 2.31. The van der Waals surface area contributed by atoms with Gasteiger partial charge < -0.3 is 25.2 Å². The third-order valence-corrected chi connectivity index (χ3v) is 5.33. The summed E-state index contributed by atoms with van der Waals surface area (Å²) in [6.45, 7) is 0.738. The van der Waals surface area contributed by atoms with Gasteiger partial charge in [0.15, 0.2) is 0 Å². The first kappa shape index (κ1) is 21.8. The quantitative estimate of drug-likeness (QED) is 0.688. The molecule has 0 bridgehead atoms. The van der Waals surface area contributed by atoms with Crippen molar-refractivity contribution in [3.63, 3.8) is 0 Å². The number of anilines is 3. The molecule has 2 N–H and O–H groups in total. The minimum absolute atomic E-state index is 0.0974. The van der Waals surface area contributed by atoms with Gasteiger partial charge in [0.1, 0.15) is 18.5 Å². The lowest BCUT2D eigenvalue weighted by Gasteiger charge is -2.27. The van der Waals surface area contributed by atoms with Crippen molar-refractivity contribution >= 4 is 46.5 Å². The highest BCUT2D eigenvalue weighted by atomic mass is 35.5. The van der Waals surface area contributed by atoms with Crippen LogP contribution in [0.25, 0.3) is 0 Å². The minimum atomic E-state index is -0.856. The molecule has 0 spiro atoms. The van der Waals surface area contributed by atoms with Crippen molar-refractivity contribution in [3.05, 3.63) is 65.5 Å². The molecule has 0 aliphatic carbocycles. The van der Waals surface area contributed by atoms with Gasteiger partial charge in [-0.1, -0.05) is 23.8 Å². The molecule has 2 aromatic carbocycles. The fourth-order valence-corrected chi connectivity index (χ4v) is 3.61. The largest absolute Gasteiger partial charge is 0.370 e. The molecule has 32 heavy (non-hydrogen) atoms. The van der Waals surface area contributed by atoms with E-state index in [1.165, 1.54) is 21.9 Å². The predicted molar refractivity (Wildman–Crippen MR) is 118 cm³/mol. The molecule has 4 amide bonds. The van der Waals surface area contributed by atoms with Crippen LogP contribution in [-0.2, 0) is 14.3 Å². The average Bonchev–Trinajstić information content (AvgIpc) is 3.27. The van der Waals surface area contributed by atoms with Crippen LogP contribution in [0.3, 0.4) is 0 Å². The number of carbonyl (C=O) groups is 3. The number of morpholine rings is 1. The lowest BCUT2D eigenvalue weighted by atomic mass is 10.2. The Labute approximate surface area is 188 Å². The zero-order valence-electron chi connectivity index (χ0n) is 16.9. The number of carbonyl (C=O) groups excluding carboxylic acids is 3. The molecule has 2 aliphatic rings. The summed E-state index contributed by atoms with van der Waals surface area (Å²) in [5.41, 5.74) is 0.886. The summed E-state index contributed by atoms with van der Waals surface area (Å²) >= 11 is 5.85. The van der Waals surface area contributed by atoms with Gasteiger partial charge in [-0.15, -0.1) is 0 Å². The third-order valence-electron chi connectivity index (χ3n) is 5.07. The zero-order valence-corrected chi connectivity index (χ0v) is 17.6. The van der Waals surface area contributed by atoms with Gasteiger partial charge >= 0.3 is 6.03 Å². The summed E-state index contributed by atoms with van der Waals surface area (Å²) in [5.74, 6) is -1.46. The van der Waals surface area contributed by atoms with E-state index in [4.69, 9.17) is 16.3 Å². The maximum atomic E-state index is 14.6. The lowest BCUT2D eigenvalue weighted by molar-refractivity contribution is -0.125. The Hall–Kier alpha value is -3.43. The van der Waals surface area contributed by atoms with Crippen LogP contribution in [0.1, 0.15) is 0 Å². The smallest absolute Gasteiger partial charge is 0.323 e. The number of hydrogen-bond acceptors (Lipinski definition) is 4. The number of amides is 4. The summed E-state index contributed by atoms with van der Waals surface area (Å²) in [5, 5.41) is 5.88. The second-order valence-corrected chi connectivity index (χ2v) is 7.65. The molecule has 0 unspecified atom stereocenters. The van der Waals surface area contributed by atoms with Crippen LogP contribution < -0.4 is 15.5 Å². The van der Waals surface area contributed by atoms with Gasteiger partial charge in [-0.2, -0.15) is 0 Å². The Morgan fingerprint density at radius 2 is 1.84 bits per heavy atom. The van der Waals surface area contributed by atoms with Gasteiger partial charge in [-0.3, -0.25) is 9.59 Å². The molecule has 1 saturated heterocycles. The van der Waals surface area contributed by atoms with E-state index in [-0.39, 0.29) is 37.0 Å². The number of halogens is 2. The standard InChI is InChI=1S/C22H20ClFN4O4/c23-14-3-5-15(6-4-14)26-22(31)28-9-1-2-19(28)21(30)25-16-7-8-18(17(24)12-16)27-10-11-32-13-20(27)29/h1-8,12,19H,9-11,13H2,(H,25,30)(H,26,31)/t19-/m1/s1. The molecule has 0 radical (unpaired) electrons. The summed E-state index contributed by atoms with van der Waals surface area (Å²) < 4.78 is 19.7. The predicted octanol–water partition coefficient (Wildman–Crippen LogP) is 3.25. The maximum Gasteiger partial charge on any atom is 0.323 e. The molecule has 1 atom stereocenters. The molecular formula is C22H20ClFN4O4. The second-order valence-electron chi connectivity index (χ2n) is 7.22. The fraction of sp³-hybridized carbons (Fsp3) is 0.227. The Bertz CT molecular complexity index is 1080. The van der Waals surface area contributed by atoms with E-state index >= 15 is 0 Å². The van der Waals surface area contributed by atoms with E-state index in [9.17, 15) is 18.8 Å². The highest BCUT2D eigenvalue weighted by Crippen LogP contribution is 2.25. The normalized spacial score (nSPS) is 18.1. The van der Waals surface area contributed by atoms with Crippen LogP contribution in [-0.4, -0.2) is 55.1 Å². The van der Waals surface area contributed by atoms with E-state index in [2.05, 4.69) is 10.6 Å². The second kappa shape index (κ2) is 9.37. The van der Waals surface area contributed by atoms with Gasteiger partial charge in [-0.25, -0.2) is 9.18 Å². The van der Waals surface area contributed by atoms with E-state index < -0.39 is 23.8 Å². The van der Waals surface area contributed by atoms with Crippen LogP contribution >= 0.6 is 11.6 Å². The van der Waals surface area contributed by atoms with E-state index in [1.54, 1.807) is 36.4 Å². The molecule has 0 saturated carbocycles. The molecule has 10 heteroatoms.